The molecule has 1 fully saturated rings. The molecule has 0 aliphatic carbocycles. The molecule has 0 amide bonds. The van der Waals surface area contributed by atoms with Gasteiger partial charge in [-0.3, -0.25) is 0 Å². The molecule has 1 saturated heterocycles. The molecule has 1 aromatic carbocycles. The van der Waals surface area contributed by atoms with Gasteiger partial charge in [0.2, 0.25) is 0 Å². The predicted octanol–water partition coefficient (Wildman–Crippen LogP) is 0.330. The Kier molecular flexibility index (Phi) is 3.04. The van der Waals surface area contributed by atoms with Crippen molar-refractivity contribution in [3.8, 4) is 0 Å². The van der Waals surface area contributed by atoms with E-state index in [1.165, 1.54) is 9.74 Å². The first-order valence-electron chi connectivity index (χ1n) is 5.82. The zero-order valence-electron chi connectivity index (χ0n) is 9.60. The standard InChI is InChI=1S/C13H15AsN2O/c14-11-2-3-12-10(9-11)1-4-13(15-12)16-5-7-17-8-6-16/h1-4,9H,5-8,14H2. The first kappa shape index (κ1) is 11.1. The van der Waals surface area contributed by atoms with Gasteiger partial charge in [0.05, 0.1) is 0 Å². The fraction of sp³-hybridized carbons (Fsp3) is 0.308. The molecule has 4 heteroatoms. The quantitative estimate of drug-likeness (QED) is 0.708. The number of pyridine rings is 1. The summed E-state index contributed by atoms with van der Waals surface area (Å²) in [6, 6.07) is 10.7. The van der Waals surface area contributed by atoms with E-state index in [-0.39, 0.29) is 0 Å². The Hall–Kier alpha value is -1.05. The molecule has 3 rings (SSSR count). The first-order chi connectivity index (χ1) is 8.33. The fourth-order valence-corrected chi connectivity index (χ4v) is 2.68. The molecular weight excluding hydrogens is 275 g/mol. The zero-order valence-corrected chi connectivity index (χ0v) is 12.0. The Morgan fingerprint density at radius 1 is 1.12 bits per heavy atom. The Bertz CT molecular complexity index is 538. The summed E-state index contributed by atoms with van der Waals surface area (Å²) in [6.45, 7) is 3.48. The molecule has 2 heterocycles. The van der Waals surface area contributed by atoms with Crippen LogP contribution < -0.4 is 9.25 Å². The molecule has 1 aromatic heterocycles. The fourth-order valence-electron chi connectivity index (χ4n) is 2.10. The van der Waals surface area contributed by atoms with Crippen LogP contribution in [0.1, 0.15) is 0 Å². The van der Waals surface area contributed by atoms with Crippen molar-refractivity contribution in [1.82, 2.24) is 4.98 Å². The number of morpholine rings is 1. The van der Waals surface area contributed by atoms with Crippen molar-refractivity contribution in [1.29, 1.82) is 0 Å². The van der Waals surface area contributed by atoms with Gasteiger partial charge in [0.15, 0.2) is 0 Å². The summed E-state index contributed by atoms with van der Waals surface area (Å²) in [5.41, 5.74) is 1.08. The van der Waals surface area contributed by atoms with Crippen LogP contribution in [0.2, 0.25) is 0 Å². The maximum atomic E-state index is 5.36. The molecule has 1 atom stereocenters. The van der Waals surface area contributed by atoms with Crippen molar-refractivity contribution in [3.05, 3.63) is 30.3 Å². The molecule has 2 aromatic rings. The monoisotopic (exact) mass is 290 g/mol. The molecule has 1 unspecified atom stereocenters. The molecule has 0 radical (unpaired) electrons. The Balaban J connectivity index is 1.98. The Morgan fingerprint density at radius 3 is 2.76 bits per heavy atom. The van der Waals surface area contributed by atoms with Crippen molar-refractivity contribution in [2.45, 2.75) is 0 Å². The molecule has 17 heavy (non-hydrogen) atoms. The van der Waals surface area contributed by atoms with Crippen LogP contribution >= 0.6 is 0 Å². The van der Waals surface area contributed by atoms with Gasteiger partial charge in [0, 0.05) is 0 Å². The molecule has 3 nitrogen and oxygen atoms in total. The second-order valence-electron chi connectivity index (χ2n) is 4.22. The molecule has 0 N–H and O–H groups in total. The van der Waals surface area contributed by atoms with Crippen molar-refractivity contribution in [2.75, 3.05) is 31.2 Å². The molecule has 88 valence electrons. The van der Waals surface area contributed by atoms with E-state index in [1.807, 2.05) is 0 Å². The number of hydrogen-bond donors (Lipinski definition) is 0. The third-order valence-electron chi connectivity index (χ3n) is 3.03. The van der Waals surface area contributed by atoms with Gasteiger partial charge < -0.3 is 0 Å². The third-order valence-corrected chi connectivity index (χ3v) is 3.79. The average Bonchev–Trinajstić information content (AvgIpc) is 2.39. The number of hydrogen-bond acceptors (Lipinski definition) is 3. The van der Waals surface area contributed by atoms with Crippen LogP contribution in [0.4, 0.5) is 5.82 Å². The van der Waals surface area contributed by atoms with Crippen molar-refractivity contribution < 1.29 is 4.74 Å². The van der Waals surface area contributed by atoms with Crippen LogP contribution in [-0.4, -0.2) is 48.1 Å². The van der Waals surface area contributed by atoms with Gasteiger partial charge in [-0.1, -0.05) is 0 Å². The summed E-state index contributed by atoms with van der Waals surface area (Å²) in [7, 11) is 0. The van der Waals surface area contributed by atoms with Gasteiger partial charge in [-0.25, -0.2) is 0 Å². The van der Waals surface area contributed by atoms with E-state index in [2.05, 4.69) is 35.2 Å². The van der Waals surface area contributed by atoms with Crippen LogP contribution in [0.3, 0.4) is 0 Å². The van der Waals surface area contributed by atoms with Crippen molar-refractivity contribution in [3.63, 3.8) is 0 Å². The first-order valence-corrected chi connectivity index (χ1v) is 7.03. The van der Waals surface area contributed by atoms with Crippen LogP contribution in [0.5, 0.6) is 0 Å². The molecule has 0 bridgehead atoms. The zero-order chi connectivity index (χ0) is 11.7. The van der Waals surface area contributed by atoms with Crippen LogP contribution in [-0.2, 0) is 4.74 Å². The van der Waals surface area contributed by atoms with E-state index in [0.717, 1.165) is 37.6 Å². The van der Waals surface area contributed by atoms with Crippen LogP contribution in [0, 0.1) is 0 Å². The van der Waals surface area contributed by atoms with E-state index < -0.39 is 0 Å². The van der Waals surface area contributed by atoms with Gasteiger partial charge in [-0.2, -0.15) is 0 Å². The van der Waals surface area contributed by atoms with Gasteiger partial charge >= 0.3 is 109 Å². The molecule has 1 aliphatic heterocycles. The van der Waals surface area contributed by atoms with Gasteiger partial charge in [0.25, 0.3) is 0 Å². The molecule has 0 saturated carbocycles. The van der Waals surface area contributed by atoms with E-state index >= 15 is 0 Å². The van der Waals surface area contributed by atoms with E-state index in [9.17, 15) is 0 Å². The van der Waals surface area contributed by atoms with Crippen LogP contribution in [0.25, 0.3) is 10.9 Å². The normalized spacial score (nSPS) is 16.4. The molecule has 1 aliphatic rings. The second kappa shape index (κ2) is 4.67. The Labute approximate surface area is 109 Å². The SMILES string of the molecule is [AsH2]c1ccc2nc(N3CCOCC3)ccc2c1. The number of fused-ring (bicyclic) bond motifs is 1. The van der Waals surface area contributed by atoms with E-state index in [1.54, 1.807) is 16.9 Å². The third kappa shape index (κ3) is 2.31. The van der Waals surface area contributed by atoms with E-state index in [4.69, 9.17) is 9.72 Å². The van der Waals surface area contributed by atoms with Gasteiger partial charge in [0.1, 0.15) is 0 Å². The minimum atomic E-state index is 0.802. The van der Waals surface area contributed by atoms with Gasteiger partial charge in [-0.15, -0.1) is 0 Å². The van der Waals surface area contributed by atoms with Gasteiger partial charge in [-0.05, 0) is 0 Å². The van der Waals surface area contributed by atoms with Crippen LogP contribution in [0.15, 0.2) is 30.3 Å². The maximum absolute atomic E-state index is 5.36. The number of benzene rings is 1. The number of anilines is 1. The summed E-state index contributed by atoms with van der Waals surface area (Å²) in [5.74, 6) is 1.06. The minimum absolute atomic E-state index is 0.802. The number of rotatable bonds is 1. The predicted molar refractivity (Wildman–Crippen MR) is 73.0 cm³/mol. The summed E-state index contributed by atoms with van der Waals surface area (Å²) in [6.07, 6.45) is 0. The summed E-state index contributed by atoms with van der Waals surface area (Å²) < 4.78 is 6.70. The van der Waals surface area contributed by atoms with Crippen molar-refractivity contribution in [2.24, 2.45) is 0 Å². The molecular formula is C13H15AsN2O. The topological polar surface area (TPSA) is 25.4 Å². The number of nitrogens with zero attached hydrogens (tertiary/aromatic N) is 2. The second-order valence-corrected chi connectivity index (χ2v) is 5.62. The number of ether oxygens (including phenoxy) is 1. The molecule has 0 spiro atoms. The summed E-state index contributed by atoms with van der Waals surface area (Å²) in [4.78, 5) is 7.00. The average molecular weight is 290 g/mol. The number of aromatic nitrogens is 1. The summed E-state index contributed by atoms with van der Waals surface area (Å²) >= 11 is 1.65. The van der Waals surface area contributed by atoms with Crippen molar-refractivity contribution >= 4 is 37.9 Å². The Morgan fingerprint density at radius 2 is 1.94 bits per heavy atom. The van der Waals surface area contributed by atoms with E-state index in [0.29, 0.717) is 0 Å². The summed E-state index contributed by atoms with van der Waals surface area (Å²) in [5, 5.41) is 1.23.